The number of fused-ring (bicyclic) bond motifs is 2. The second-order valence-corrected chi connectivity index (χ2v) is 13.6. The fourth-order valence-electron chi connectivity index (χ4n) is 6.74. The molecule has 0 bridgehead atoms. The minimum atomic E-state index is -4.71. The maximum absolute atomic E-state index is 14.3. The molecule has 0 atom stereocenters. The van der Waals surface area contributed by atoms with Gasteiger partial charge in [-0.3, -0.25) is 14.3 Å². The molecule has 1 aliphatic carbocycles. The molecule has 0 spiro atoms. The Labute approximate surface area is 288 Å². The van der Waals surface area contributed by atoms with Crippen molar-refractivity contribution < 1.29 is 27.8 Å². The van der Waals surface area contributed by atoms with Crippen molar-refractivity contribution in [1.82, 2.24) is 14.5 Å². The van der Waals surface area contributed by atoms with Crippen LogP contribution >= 0.6 is 22.9 Å². The maximum atomic E-state index is 14.3. The third-order valence-corrected chi connectivity index (χ3v) is 10.4. The molecule has 3 aromatic heterocycles. The summed E-state index contributed by atoms with van der Waals surface area (Å²) in [5.74, 6) is -0.480. The quantitative estimate of drug-likeness (QED) is 0.162. The van der Waals surface area contributed by atoms with Crippen LogP contribution in [0, 0.1) is 24.2 Å². The van der Waals surface area contributed by atoms with Gasteiger partial charge in [0, 0.05) is 27.2 Å². The summed E-state index contributed by atoms with van der Waals surface area (Å²) in [6.45, 7) is 3.41. The molecule has 13 heteroatoms. The van der Waals surface area contributed by atoms with Crippen molar-refractivity contribution in [3.8, 4) is 22.9 Å². The molecule has 0 aliphatic heterocycles. The zero-order valence-corrected chi connectivity index (χ0v) is 28.4. The summed E-state index contributed by atoms with van der Waals surface area (Å²) in [5, 5.41) is 21.8. The van der Waals surface area contributed by atoms with Gasteiger partial charge in [0.15, 0.2) is 0 Å². The van der Waals surface area contributed by atoms with Gasteiger partial charge in [-0.05, 0) is 61.6 Å². The number of carbonyl (C=O) groups is 1. The number of carboxylic acids is 1. The van der Waals surface area contributed by atoms with Gasteiger partial charge < -0.3 is 9.84 Å². The SMILES string of the molecule is CCc1cc(-c2cc(Cl)ccc2OCCn2c(C)nc3cc(C(F)(F)F)c(CC4CCCCC4)c(C#N)c3c2=O)c2scc(C(=O)O)c2n1. The Morgan fingerprint density at radius 2 is 1.92 bits per heavy atom. The molecule has 0 unspecified atom stereocenters. The lowest BCUT2D eigenvalue weighted by Gasteiger charge is -2.24. The van der Waals surface area contributed by atoms with E-state index in [0.29, 0.717) is 44.2 Å². The second kappa shape index (κ2) is 13.8. The zero-order chi connectivity index (χ0) is 35.0. The molecule has 49 heavy (non-hydrogen) atoms. The number of halogens is 4. The smallest absolute Gasteiger partial charge is 0.416 e. The Morgan fingerprint density at radius 1 is 1.16 bits per heavy atom. The van der Waals surface area contributed by atoms with Gasteiger partial charge in [0.25, 0.3) is 5.56 Å². The number of carboxylic acid groups (broad SMARTS) is 1. The Kier molecular flexibility index (Phi) is 9.69. The van der Waals surface area contributed by atoms with Crippen molar-refractivity contribution in [2.75, 3.05) is 6.61 Å². The van der Waals surface area contributed by atoms with Crippen molar-refractivity contribution in [3.63, 3.8) is 0 Å². The molecule has 0 saturated heterocycles. The predicted octanol–water partition coefficient (Wildman–Crippen LogP) is 8.99. The number of aromatic nitrogens is 3. The van der Waals surface area contributed by atoms with E-state index in [4.69, 9.17) is 16.3 Å². The first-order chi connectivity index (χ1) is 23.4. The highest BCUT2D eigenvalue weighted by molar-refractivity contribution is 7.18. The molecule has 1 N–H and O–H groups in total. The number of nitrogens with zero attached hydrogens (tertiary/aromatic N) is 4. The minimum absolute atomic E-state index is 0.00179. The number of thiophene rings is 1. The number of pyridine rings is 1. The van der Waals surface area contributed by atoms with E-state index in [0.717, 1.165) is 38.2 Å². The normalized spacial score (nSPS) is 14.0. The fourth-order valence-corrected chi connectivity index (χ4v) is 7.93. The van der Waals surface area contributed by atoms with Crippen molar-refractivity contribution >= 4 is 50.0 Å². The lowest BCUT2D eigenvalue weighted by molar-refractivity contribution is -0.138. The third kappa shape index (κ3) is 6.74. The van der Waals surface area contributed by atoms with Gasteiger partial charge in [-0.15, -0.1) is 11.3 Å². The van der Waals surface area contributed by atoms with Crippen LogP contribution in [0.25, 0.3) is 32.2 Å². The third-order valence-electron chi connectivity index (χ3n) is 9.15. The van der Waals surface area contributed by atoms with Crippen LogP contribution in [0.4, 0.5) is 13.2 Å². The van der Waals surface area contributed by atoms with Gasteiger partial charge in [0.05, 0.1) is 44.4 Å². The summed E-state index contributed by atoms with van der Waals surface area (Å²) in [5.41, 5.74) is 0.351. The van der Waals surface area contributed by atoms with Crippen molar-refractivity contribution in [3.05, 3.63) is 84.9 Å². The average molecular weight is 709 g/mol. The van der Waals surface area contributed by atoms with Gasteiger partial charge >= 0.3 is 12.1 Å². The Bertz CT molecular complexity index is 2200. The highest BCUT2D eigenvalue weighted by Gasteiger charge is 2.37. The number of rotatable bonds is 9. The van der Waals surface area contributed by atoms with Crippen molar-refractivity contribution in [2.45, 2.75) is 71.5 Å². The molecule has 5 aromatic rings. The van der Waals surface area contributed by atoms with Gasteiger partial charge in [-0.1, -0.05) is 50.6 Å². The molecule has 1 aliphatic rings. The summed E-state index contributed by atoms with van der Waals surface area (Å²) in [6.07, 6.45) is 0.351. The monoisotopic (exact) mass is 708 g/mol. The number of hydrogen-bond acceptors (Lipinski definition) is 7. The van der Waals surface area contributed by atoms with Crippen LogP contribution in [-0.2, 0) is 25.6 Å². The summed E-state index contributed by atoms with van der Waals surface area (Å²) in [7, 11) is 0. The van der Waals surface area contributed by atoms with Crippen LogP contribution in [-0.4, -0.2) is 32.2 Å². The largest absolute Gasteiger partial charge is 0.491 e. The molecule has 2 aromatic carbocycles. The molecule has 3 heterocycles. The Balaban J connectivity index is 1.37. The van der Waals surface area contributed by atoms with E-state index in [9.17, 15) is 33.1 Å². The van der Waals surface area contributed by atoms with Gasteiger partial charge in [0.2, 0.25) is 0 Å². The number of nitriles is 1. The molecule has 6 rings (SSSR count). The van der Waals surface area contributed by atoms with Gasteiger partial charge in [-0.25, -0.2) is 9.78 Å². The molecule has 1 fully saturated rings. The number of hydrogen-bond donors (Lipinski definition) is 1. The zero-order valence-electron chi connectivity index (χ0n) is 26.8. The van der Waals surface area contributed by atoms with E-state index in [1.54, 1.807) is 23.6 Å². The van der Waals surface area contributed by atoms with E-state index in [1.165, 1.54) is 22.8 Å². The second-order valence-electron chi connectivity index (χ2n) is 12.2. The highest BCUT2D eigenvalue weighted by atomic mass is 35.5. The first-order valence-corrected chi connectivity index (χ1v) is 17.3. The highest BCUT2D eigenvalue weighted by Crippen LogP contribution is 2.41. The molecule has 0 amide bonds. The summed E-state index contributed by atoms with van der Waals surface area (Å²) < 4.78 is 51.1. The number of benzene rings is 2. The fraction of sp³-hybridized carbons (Fsp3) is 0.361. The topological polar surface area (TPSA) is 118 Å². The van der Waals surface area contributed by atoms with E-state index in [1.807, 2.05) is 19.1 Å². The summed E-state index contributed by atoms with van der Waals surface area (Å²) in [4.78, 5) is 34.8. The van der Waals surface area contributed by atoms with Crippen LogP contribution in [0.2, 0.25) is 5.02 Å². The van der Waals surface area contributed by atoms with Gasteiger partial charge in [0.1, 0.15) is 24.3 Å². The van der Waals surface area contributed by atoms with Crippen LogP contribution in [0.15, 0.2) is 40.5 Å². The Hall–Kier alpha value is -4.47. The maximum Gasteiger partial charge on any atom is 0.416 e. The van der Waals surface area contributed by atoms with Crippen LogP contribution < -0.4 is 10.3 Å². The summed E-state index contributed by atoms with van der Waals surface area (Å²) >= 11 is 7.65. The standard InChI is InChI=1S/C36H32ClF3N4O4S/c1-3-22-15-25(33-32(43-22)27(18-49-33)35(46)47)24-14-21(37)9-10-30(24)48-12-11-44-19(2)42-29-16-28(36(38,39)40)23(13-20-7-5-4-6-8-20)26(17-41)31(29)34(44)45/h9-10,14-16,18,20H,3-8,11-13H2,1-2H3,(H,46,47). The first-order valence-electron chi connectivity index (χ1n) is 16.0. The molecular formula is C36H32ClF3N4O4S. The molecule has 0 radical (unpaired) electrons. The lowest BCUT2D eigenvalue weighted by atomic mass is 9.82. The summed E-state index contributed by atoms with van der Waals surface area (Å²) in [6, 6.07) is 9.76. The first kappa shape index (κ1) is 34.4. The van der Waals surface area contributed by atoms with Crippen LogP contribution in [0.5, 0.6) is 5.75 Å². The van der Waals surface area contributed by atoms with Gasteiger partial charge in [-0.2, -0.15) is 18.4 Å². The molecular weight excluding hydrogens is 677 g/mol. The average Bonchev–Trinajstić information content (AvgIpc) is 3.51. The van der Waals surface area contributed by atoms with Crippen molar-refractivity contribution in [2.24, 2.45) is 5.92 Å². The molecule has 8 nitrogen and oxygen atoms in total. The predicted molar refractivity (Wildman–Crippen MR) is 183 cm³/mol. The number of aromatic carboxylic acids is 1. The minimum Gasteiger partial charge on any atom is -0.491 e. The van der Waals surface area contributed by atoms with Crippen molar-refractivity contribution in [1.29, 1.82) is 5.26 Å². The number of aryl methyl sites for hydroxylation is 2. The molecule has 254 valence electrons. The lowest BCUT2D eigenvalue weighted by Crippen LogP contribution is -2.28. The number of alkyl halides is 3. The Morgan fingerprint density at radius 3 is 2.59 bits per heavy atom. The van der Waals surface area contributed by atoms with Crippen LogP contribution in [0.1, 0.15) is 77.6 Å². The van der Waals surface area contributed by atoms with E-state index in [2.05, 4.69) is 9.97 Å². The molecule has 1 saturated carbocycles. The van der Waals surface area contributed by atoms with E-state index < -0.39 is 23.3 Å². The van der Waals surface area contributed by atoms with E-state index >= 15 is 0 Å². The van der Waals surface area contributed by atoms with E-state index in [-0.39, 0.29) is 58.9 Å². The van der Waals surface area contributed by atoms with Crippen LogP contribution in [0.3, 0.4) is 0 Å². The number of ether oxygens (including phenoxy) is 1.